The highest BCUT2D eigenvalue weighted by atomic mass is 32.1. The monoisotopic (exact) mass is 356 g/mol. The highest BCUT2D eigenvalue weighted by Gasteiger charge is 2.15. The Kier molecular flexibility index (Phi) is 6.43. The van der Waals surface area contributed by atoms with Crippen LogP contribution in [0.25, 0.3) is 0 Å². The summed E-state index contributed by atoms with van der Waals surface area (Å²) < 4.78 is 5.43. The van der Waals surface area contributed by atoms with Gasteiger partial charge in [-0.1, -0.05) is 52.0 Å². The van der Waals surface area contributed by atoms with Crippen molar-refractivity contribution in [3.8, 4) is 5.75 Å². The van der Waals surface area contributed by atoms with Crippen molar-refractivity contribution in [2.24, 2.45) is 0 Å². The number of hydrogen-bond donors (Lipinski definition) is 2. The van der Waals surface area contributed by atoms with E-state index in [1.165, 1.54) is 11.1 Å². The number of methoxy groups -OCH3 is 1. The van der Waals surface area contributed by atoms with Crippen LogP contribution in [-0.2, 0) is 0 Å². The molecule has 25 heavy (non-hydrogen) atoms. The van der Waals surface area contributed by atoms with Crippen molar-refractivity contribution < 1.29 is 4.74 Å². The summed E-state index contributed by atoms with van der Waals surface area (Å²) in [6, 6.07) is 12.4. The van der Waals surface area contributed by atoms with E-state index in [9.17, 15) is 0 Å². The van der Waals surface area contributed by atoms with Gasteiger partial charge in [-0.3, -0.25) is 0 Å². The van der Waals surface area contributed by atoms with E-state index in [1.807, 2.05) is 25.1 Å². The fraction of sp³-hybridized carbons (Fsp3) is 0.381. The summed E-state index contributed by atoms with van der Waals surface area (Å²) in [7, 11) is 1.66. The molecule has 0 amide bonds. The van der Waals surface area contributed by atoms with Crippen LogP contribution in [0.5, 0.6) is 5.75 Å². The maximum atomic E-state index is 5.58. The summed E-state index contributed by atoms with van der Waals surface area (Å²) in [6.45, 7) is 10.8. The van der Waals surface area contributed by atoms with Gasteiger partial charge in [-0.25, -0.2) is 0 Å². The highest BCUT2D eigenvalue weighted by molar-refractivity contribution is 7.80. The molecule has 0 saturated carbocycles. The molecule has 0 radical (unpaired) electrons. The number of hydrogen-bond acceptors (Lipinski definition) is 2. The third kappa shape index (κ3) is 4.73. The quantitative estimate of drug-likeness (QED) is 0.638. The van der Waals surface area contributed by atoms with Crippen LogP contribution in [-0.4, -0.2) is 12.2 Å². The van der Waals surface area contributed by atoms with Gasteiger partial charge in [-0.2, -0.15) is 0 Å². The number of benzene rings is 2. The van der Waals surface area contributed by atoms with E-state index in [1.54, 1.807) is 7.11 Å². The van der Waals surface area contributed by atoms with Gasteiger partial charge in [0.2, 0.25) is 0 Å². The van der Waals surface area contributed by atoms with Crippen molar-refractivity contribution in [1.29, 1.82) is 0 Å². The van der Waals surface area contributed by atoms with Gasteiger partial charge < -0.3 is 15.4 Å². The van der Waals surface area contributed by atoms with Gasteiger partial charge in [-0.05, 0) is 59.8 Å². The third-order valence-corrected chi connectivity index (χ3v) is 4.42. The van der Waals surface area contributed by atoms with Crippen LogP contribution in [0.4, 0.5) is 11.4 Å². The molecule has 3 nitrogen and oxygen atoms in total. The summed E-state index contributed by atoms with van der Waals surface area (Å²) in [5.74, 6) is 1.60. The van der Waals surface area contributed by atoms with Crippen molar-refractivity contribution in [2.45, 2.75) is 46.5 Å². The van der Waals surface area contributed by atoms with Crippen LogP contribution in [0, 0.1) is 6.92 Å². The molecule has 2 aromatic carbocycles. The molecular weight excluding hydrogens is 328 g/mol. The summed E-state index contributed by atoms with van der Waals surface area (Å²) >= 11 is 5.58. The summed E-state index contributed by atoms with van der Waals surface area (Å²) in [4.78, 5) is 0. The second-order valence-corrected chi connectivity index (χ2v) is 7.31. The molecule has 0 saturated heterocycles. The molecular formula is C21H28N2OS. The lowest BCUT2D eigenvalue weighted by Gasteiger charge is -2.22. The Morgan fingerprint density at radius 2 is 1.56 bits per heavy atom. The Hall–Kier alpha value is -2.07. The van der Waals surface area contributed by atoms with Gasteiger partial charge in [0.1, 0.15) is 5.75 Å². The minimum Gasteiger partial charge on any atom is -0.495 e. The first-order valence-corrected chi connectivity index (χ1v) is 9.09. The molecule has 0 aliphatic carbocycles. The summed E-state index contributed by atoms with van der Waals surface area (Å²) in [6.07, 6.45) is 0. The van der Waals surface area contributed by atoms with Crippen LogP contribution in [0.15, 0.2) is 36.4 Å². The van der Waals surface area contributed by atoms with E-state index >= 15 is 0 Å². The smallest absolute Gasteiger partial charge is 0.175 e. The van der Waals surface area contributed by atoms with Gasteiger partial charge in [0, 0.05) is 5.69 Å². The van der Waals surface area contributed by atoms with Gasteiger partial charge in [0.15, 0.2) is 5.11 Å². The van der Waals surface area contributed by atoms with Crippen LogP contribution < -0.4 is 15.4 Å². The lowest BCUT2D eigenvalue weighted by Crippen LogP contribution is -2.22. The Morgan fingerprint density at radius 3 is 2.08 bits per heavy atom. The molecule has 2 rings (SSSR count). The van der Waals surface area contributed by atoms with E-state index < -0.39 is 0 Å². The second-order valence-electron chi connectivity index (χ2n) is 6.90. The van der Waals surface area contributed by atoms with Gasteiger partial charge >= 0.3 is 0 Å². The minimum absolute atomic E-state index is 0.414. The number of aryl methyl sites for hydroxylation is 1. The fourth-order valence-corrected chi connectivity index (χ4v) is 3.09. The maximum absolute atomic E-state index is 5.58. The number of ether oxygens (including phenoxy) is 1. The van der Waals surface area contributed by atoms with E-state index in [-0.39, 0.29) is 0 Å². The number of anilines is 2. The number of para-hydroxylation sites is 1. The largest absolute Gasteiger partial charge is 0.495 e. The van der Waals surface area contributed by atoms with Crippen LogP contribution in [0.1, 0.15) is 56.2 Å². The van der Waals surface area contributed by atoms with Crippen LogP contribution >= 0.6 is 12.2 Å². The van der Waals surface area contributed by atoms with E-state index in [0.717, 1.165) is 22.7 Å². The summed E-state index contributed by atoms with van der Waals surface area (Å²) in [5, 5.41) is 7.27. The number of thiocarbonyl (C=S) groups is 1. The molecule has 2 N–H and O–H groups in total. The molecule has 0 fully saturated rings. The third-order valence-electron chi connectivity index (χ3n) is 4.21. The molecule has 0 aromatic heterocycles. The Labute approximate surface area is 156 Å². The summed E-state index contributed by atoms with van der Waals surface area (Å²) in [5.41, 5.74) is 5.67. The molecule has 2 aromatic rings. The van der Waals surface area contributed by atoms with Gasteiger partial charge in [0.25, 0.3) is 0 Å². The minimum atomic E-state index is 0.414. The molecule has 0 atom stereocenters. The predicted octanol–water partition coefficient (Wildman–Crippen LogP) is 6.06. The first-order chi connectivity index (χ1) is 11.8. The maximum Gasteiger partial charge on any atom is 0.175 e. The molecule has 0 unspecified atom stereocenters. The van der Waals surface area contributed by atoms with Crippen molar-refractivity contribution in [3.63, 3.8) is 0 Å². The van der Waals surface area contributed by atoms with Crippen LogP contribution in [0.2, 0.25) is 0 Å². The van der Waals surface area contributed by atoms with Crippen molar-refractivity contribution in [2.75, 3.05) is 17.7 Å². The zero-order chi connectivity index (χ0) is 18.6. The normalized spacial score (nSPS) is 10.9. The average molecular weight is 357 g/mol. The van der Waals surface area contributed by atoms with Crippen molar-refractivity contribution >= 4 is 28.7 Å². The first kappa shape index (κ1) is 19.3. The lowest BCUT2D eigenvalue weighted by atomic mass is 9.93. The first-order valence-electron chi connectivity index (χ1n) is 8.69. The van der Waals surface area contributed by atoms with E-state index in [2.05, 4.69) is 56.5 Å². The molecule has 0 bridgehead atoms. The van der Waals surface area contributed by atoms with Crippen LogP contribution in [0.3, 0.4) is 0 Å². The van der Waals surface area contributed by atoms with E-state index in [0.29, 0.717) is 16.9 Å². The van der Waals surface area contributed by atoms with Gasteiger partial charge in [0.05, 0.1) is 12.8 Å². The molecule has 0 spiro atoms. The molecule has 0 aliphatic heterocycles. The molecule has 0 aliphatic rings. The SMILES string of the molecule is COc1ccc(C)cc1NC(=S)Nc1c(C(C)C)cccc1C(C)C. The predicted molar refractivity (Wildman–Crippen MR) is 112 cm³/mol. The molecule has 0 heterocycles. The Morgan fingerprint density at radius 1 is 0.960 bits per heavy atom. The topological polar surface area (TPSA) is 33.3 Å². The Balaban J connectivity index is 2.31. The number of rotatable bonds is 5. The highest BCUT2D eigenvalue weighted by Crippen LogP contribution is 2.33. The average Bonchev–Trinajstić information content (AvgIpc) is 2.54. The van der Waals surface area contributed by atoms with Crippen molar-refractivity contribution in [1.82, 2.24) is 0 Å². The zero-order valence-corrected chi connectivity index (χ0v) is 16.8. The van der Waals surface area contributed by atoms with Gasteiger partial charge in [-0.15, -0.1) is 0 Å². The molecule has 134 valence electrons. The lowest BCUT2D eigenvalue weighted by molar-refractivity contribution is 0.417. The Bertz CT molecular complexity index is 727. The fourth-order valence-electron chi connectivity index (χ4n) is 2.88. The standard InChI is InChI=1S/C21H28N2OS/c1-13(2)16-8-7-9-17(14(3)4)20(16)23-21(25)22-18-12-15(5)10-11-19(18)24-6/h7-14H,1-6H3,(H2,22,23,25). The number of nitrogens with one attached hydrogen (secondary N) is 2. The molecule has 4 heteroatoms. The van der Waals surface area contributed by atoms with E-state index in [4.69, 9.17) is 17.0 Å². The zero-order valence-electron chi connectivity index (χ0n) is 15.9. The second kappa shape index (κ2) is 8.34. The van der Waals surface area contributed by atoms with Crippen molar-refractivity contribution in [3.05, 3.63) is 53.1 Å².